The molecule has 0 aromatic rings. The van der Waals surface area contributed by atoms with Crippen molar-refractivity contribution in [1.29, 1.82) is 0 Å². The summed E-state index contributed by atoms with van der Waals surface area (Å²) in [7, 11) is 0. The molecule has 1 aliphatic rings. The van der Waals surface area contributed by atoms with Crippen molar-refractivity contribution in [3.8, 4) is 0 Å². The van der Waals surface area contributed by atoms with E-state index in [0.717, 1.165) is 12.3 Å². The summed E-state index contributed by atoms with van der Waals surface area (Å²) in [5.74, 6) is -0.0309. The minimum atomic E-state index is -0.914. The van der Waals surface area contributed by atoms with Crippen LogP contribution in [0.15, 0.2) is 0 Å². The van der Waals surface area contributed by atoms with E-state index in [4.69, 9.17) is 5.11 Å². The first kappa shape index (κ1) is 11.4. The van der Waals surface area contributed by atoms with Gasteiger partial charge in [0.1, 0.15) is 0 Å². The Kier molecular flexibility index (Phi) is 3.42. The minimum absolute atomic E-state index is 0.0533. The number of carbonyl (C=O) groups is 2. The van der Waals surface area contributed by atoms with Gasteiger partial charge < -0.3 is 10.0 Å². The van der Waals surface area contributed by atoms with Gasteiger partial charge in [0, 0.05) is 18.7 Å². The molecule has 1 N–H and O–H groups in total. The van der Waals surface area contributed by atoms with Crippen molar-refractivity contribution in [2.75, 3.05) is 12.3 Å². The van der Waals surface area contributed by atoms with Crippen LogP contribution < -0.4 is 0 Å². The van der Waals surface area contributed by atoms with E-state index in [9.17, 15) is 9.59 Å². The van der Waals surface area contributed by atoms with Crippen LogP contribution in [-0.2, 0) is 9.59 Å². The molecule has 14 heavy (non-hydrogen) atoms. The van der Waals surface area contributed by atoms with E-state index >= 15 is 0 Å². The van der Waals surface area contributed by atoms with Crippen LogP contribution >= 0.6 is 11.8 Å². The number of hydrogen-bond donors (Lipinski definition) is 1. The number of carboxylic acids is 1. The molecule has 1 aliphatic heterocycles. The number of nitrogens with zero attached hydrogens (tertiary/aromatic N) is 1. The molecule has 1 saturated heterocycles. The first-order valence-corrected chi connectivity index (χ1v) is 5.58. The normalized spacial score (nSPS) is 19.7. The van der Waals surface area contributed by atoms with Gasteiger partial charge in [0.15, 0.2) is 0 Å². The molecule has 5 heteroatoms. The SMILES string of the molecule is CC1(C)SCCN1C(=O)CCC(=O)O. The predicted octanol–water partition coefficient (Wildman–Crippen LogP) is 1.16. The zero-order chi connectivity index (χ0) is 10.8. The molecule has 0 aromatic heterocycles. The largest absolute Gasteiger partial charge is 0.481 e. The van der Waals surface area contributed by atoms with Crippen LogP contribution in [0, 0.1) is 0 Å². The van der Waals surface area contributed by atoms with Gasteiger partial charge in [0.2, 0.25) is 5.91 Å². The summed E-state index contributed by atoms with van der Waals surface area (Å²) in [6, 6.07) is 0. The number of carbonyl (C=O) groups excluding carboxylic acids is 1. The third kappa shape index (κ3) is 2.64. The van der Waals surface area contributed by atoms with Gasteiger partial charge in [0.25, 0.3) is 0 Å². The van der Waals surface area contributed by atoms with E-state index in [0.29, 0.717) is 0 Å². The molecule has 0 aliphatic carbocycles. The number of thioether (sulfide) groups is 1. The van der Waals surface area contributed by atoms with E-state index in [1.807, 2.05) is 13.8 Å². The molecular weight excluding hydrogens is 202 g/mol. The smallest absolute Gasteiger partial charge is 0.303 e. The average molecular weight is 217 g/mol. The predicted molar refractivity (Wildman–Crippen MR) is 55.1 cm³/mol. The number of rotatable bonds is 3. The van der Waals surface area contributed by atoms with E-state index in [1.165, 1.54) is 0 Å². The first-order chi connectivity index (χ1) is 6.43. The highest BCUT2D eigenvalue weighted by Crippen LogP contribution is 2.35. The Hall–Kier alpha value is -0.710. The lowest BCUT2D eigenvalue weighted by molar-refractivity contribution is -0.141. The molecule has 0 unspecified atom stereocenters. The van der Waals surface area contributed by atoms with Crippen molar-refractivity contribution in [1.82, 2.24) is 4.90 Å². The highest BCUT2D eigenvalue weighted by atomic mass is 32.2. The second kappa shape index (κ2) is 4.21. The molecule has 4 nitrogen and oxygen atoms in total. The summed E-state index contributed by atoms with van der Waals surface area (Å²) in [6.07, 6.45) is 0.0371. The van der Waals surface area contributed by atoms with Crippen LogP contribution in [-0.4, -0.2) is 39.1 Å². The second-order valence-electron chi connectivity index (χ2n) is 3.73. The Morgan fingerprint density at radius 3 is 2.50 bits per heavy atom. The van der Waals surface area contributed by atoms with Gasteiger partial charge in [-0.15, -0.1) is 11.8 Å². The van der Waals surface area contributed by atoms with Crippen molar-refractivity contribution in [3.05, 3.63) is 0 Å². The lowest BCUT2D eigenvalue weighted by Gasteiger charge is -2.30. The van der Waals surface area contributed by atoms with Gasteiger partial charge in [-0.2, -0.15) is 0 Å². The molecule has 1 amide bonds. The molecule has 0 atom stereocenters. The Balaban J connectivity index is 2.48. The van der Waals surface area contributed by atoms with Gasteiger partial charge in [0.05, 0.1) is 11.3 Å². The average Bonchev–Trinajstić information content (AvgIpc) is 2.41. The molecule has 80 valence electrons. The van der Waals surface area contributed by atoms with Gasteiger partial charge in [-0.1, -0.05) is 0 Å². The summed E-state index contributed by atoms with van der Waals surface area (Å²) in [5.41, 5.74) is 0. The van der Waals surface area contributed by atoms with E-state index in [1.54, 1.807) is 16.7 Å². The summed E-state index contributed by atoms with van der Waals surface area (Å²) in [4.78, 5) is 23.5. The van der Waals surface area contributed by atoms with Crippen molar-refractivity contribution < 1.29 is 14.7 Å². The van der Waals surface area contributed by atoms with Gasteiger partial charge in [-0.25, -0.2) is 0 Å². The number of carboxylic acid groups (broad SMARTS) is 1. The molecule has 0 aromatic carbocycles. The van der Waals surface area contributed by atoms with Gasteiger partial charge in [-0.05, 0) is 13.8 Å². The van der Waals surface area contributed by atoms with E-state index < -0.39 is 5.97 Å². The zero-order valence-corrected chi connectivity index (χ0v) is 9.26. The summed E-state index contributed by atoms with van der Waals surface area (Å²) in [6.45, 7) is 4.71. The molecule has 0 spiro atoms. The third-order valence-corrected chi connectivity index (χ3v) is 3.59. The Labute approximate surface area is 87.7 Å². The summed E-state index contributed by atoms with van der Waals surface area (Å²) in [5, 5.41) is 8.46. The molecule has 0 saturated carbocycles. The maximum atomic E-state index is 11.6. The molecule has 0 bridgehead atoms. The topological polar surface area (TPSA) is 57.6 Å². The van der Waals surface area contributed by atoms with Crippen molar-refractivity contribution in [3.63, 3.8) is 0 Å². The summed E-state index contributed by atoms with van der Waals surface area (Å²) < 4.78 is 0. The maximum absolute atomic E-state index is 11.6. The van der Waals surface area contributed by atoms with Crippen molar-refractivity contribution in [2.24, 2.45) is 0 Å². The maximum Gasteiger partial charge on any atom is 0.303 e. The van der Waals surface area contributed by atoms with Crippen molar-refractivity contribution >= 4 is 23.6 Å². The Morgan fingerprint density at radius 1 is 1.43 bits per heavy atom. The first-order valence-electron chi connectivity index (χ1n) is 4.60. The second-order valence-corrected chi connectivity index (χ2v) is 5.43. The van der Waals surface area contributed by atoms with Crippen LogP contribution in [0.25, 0.3) is 0 Å². The third-order valence-electron chi connectivity index (χ3n) is 2.27. The highest BCUT2D eigenvalue weighted by Gasteiger charge is 2.35. The van der Waals surface area contributed by atoms with Crippen LogP contribution in [0.1, 0.15) is 26.7 Å². The fourth-order valence-corrected chi connectivity index (χ4v) is 2.63. The number of amides is 1. The standard InChI is InChI=1S/C9H15NO3S/c1-9(2)10(5-6-14-9)7(11)3-4-8(12)13/h3-6H2,1-2H3,(H,12,13). The number of aliphatic carboxylic acids is 1. The minimum Gasteiger partial charge on any atom is -0.481 e. The molecular formula is C9H15NO3S. The van der Waals surface area contributed by atoms with Gasteiger partial charge >= 0.3 is 5.97 Å². The fourth-order valence-electron chi connectivity index (χ4n) is 1.51. The lowest BCUT2D eigenvalue weighted by atomic mass is 10.2. The zero-order valence-electron chi connectivity index (χ0n) is 8.45. The fraction of sp³-hybridized carbons (Fsp3) is 0.778. The van der Waals surface area contributed by atoms with Crippen molar-refractivity contribution in [2.45, 2.75) is 31.6 Å². The number of hydrogen-bond acceptors (Lipinski definition) is 3. The van der Waals surface area contributed by atoms with Crippen LogP contribution in [0.3, 0.4) is 0 Å². The van der Waals surface area contributed by atoms with Crippen LogP contribution in [0.5, 0.6) is 0 Å². The monoisotopic (exact) mass is 217 g/mol. The molecule has 1 rings (SSSR count). The van der Waals surface area contributed by atoms with Crippen LogP contribution in [0.4, 0.5) is 0 Å². The van der Waals surface area contributed by atoms with E-state index in [2.05, 4.69) is 0 Å². The van der Waals surface area contributed by atoms with E-state index in [-0.39, 0.29) is 23.6 Å². The molecule has 0 radical (unpaired) electrons. The Bertz CT molecular complexity index is 252. The van der Waals surface area contributed by atoms with Gasteiger partial charge in [-0.3, -0.25) is 9.59 Å². The molecule has 1 heterocycles. The summed E-state index contributed by atoms with van der Waals surface area (Å²) >= 11 is 1.73. The van der Waals surface area contributed by atoms with Crippen LogP contribution in [0.2, 0.25) is 0 Å². The Morgan fingerprint density at radius 2 is 2.07 bits per heavy atom. The highest BCUT2D eigenvalue weighted by molar-refractivity contribution is 8.00. The lowest BCUT2D eigenvalue weighted by Crippen LogP contribution is -2.41. The quantitative estimate of drug-likeness (QED) is 0.770. The molecule has 1 fully saturated rings.